The minimum absolute atomic E-state index is 0. The SMILES string of the molecule is CCOCCNC(=O)[C@@H]1CCCNC1.Cl. The second-order valence-corrected chi connectivity index (χ2v) is 3.53. The molecular formula is C10H21ClN2O2. The highest BCUT2D eigenvalue weighted by molar-refractivity contribution is 5.85. The van der Waals surface area contributed by atoms with Crippen molar-refractivity contribution in [3.63, 3.8) is 0 Å². The molecule has 2 N–H and O–H groups in total. The number of amides is 1. The number of carbonyl (C=O) groups excluding carboxylic acids is 1. The second kappa shape index (κ2) is 8.95. The quantitative estimate of drug-likeness (QED) is 0.686. The monoisotopic (exact) mass is 236 g/mol. The zero-order valence-corrected chi connectivity index (χ0v) is 10.1. The molecule has 0 aliphatic carbocycles. The van der Waals surface area contributed by atoms with E-state index in [2.05, 4.69) is 10.6 Å². The van der Waals surface area contributed by atoms with Crippen LogP contribution in [0.15, 0.2) is 0 Å². The lowest BCUT2D eigenvalue weighted by Crippen LogP contribution is -2.41. The summed E-state index contributed by atoms with van der Waals surface area (Å²) >= 11 is 0. The highest BCUT2D eigenvalue weighted by Crippen LogP contribution is 2.09. The first-order valence-corrected chi connectivity index (χ1v) is 5.40. The van der Waals surface area contributed by atoms with E-state index in [9.17, 15) is 4.79 Å². The van der Waals surface area contributed by atoms with Crippen LogP contribution in [0.2, 0.25) is 0 Å². The molecule has 1 atom stereocenters. The number of hydrogen-bond donors (Lipinski definition) is 2. The van der Waals surface area contributed by atoms with Gasteiger partial charge in [-0.2, -0.15) is 0 Å². The van der Waals surface area contributed by atoms with Crippen LogP contribution in [-0.2, 0) is 9.53 Å². The lowest BCUT2D eigenvalue weighted by molar-refractivity contribution is -0.125. The first-order chi connectivity index (χ1) is 6.84. The molecule has 0 aromatic heterocycles. The molecule has 0 spiro atoms. The Balaban J connectivity index is 0.00000196. The van der Waals surface area contributed by atoms with Crippen LogP contribution in [0.25, 0.3) is 0 Å². The van der Waals surface area contributed by atoms with Gasteiger partial charge in [-0.1, -0.05) is 0 Å². The molecule has 0 aromatic carbocycles. The fraction of sp³-hybridized carbons (Fsp3) is 0.900. The number of piperidine rings is 1. The summed E-state index contributed by atoms with van der Waals surface area (Å²) in [5, 5.41) is 6.11. The molecule has 1 amide bonds. The predicted octanol–water partition coefficient (Wildman–Crippen LogP) is 0.560. The van der Waals surface area contributed by atoms with Gasteiger partial charge in [0, 0.05) is 19.7 Å². The van der Waals surface area contributed by atoms with Gasteiger partial charge < -0.3 is 15.4 Å². The third-order valence-electron chi connectivity index (χ3n) is 2.42. The Morgan fingerprint density at radius 1 is 1.60 bits per heavy atom. The van der Waals surface area contributed by atoms with Crippen molar-refractivity contribution < 1.29 is 9.53 Å². The summed E-state index contributed by atoms with van der Waals surface area (Å²) in [5.41, 5.74) is 0. The van der Waals surface area contributed by atoms with Gasteiger partial charge in [0.2, 0.25) is 5.91 Å². The minimum Gasteiger partial charge on any atom is -0.380 e. The molecule has 5 heteroatoms. The van der Waals surface area contributed by atoms with Gasteiger partial charge in [-0.05, 0) is 26.3 Å². The van der Waals surface area contributed by atoms with E-state index in [1.165, 1.54) is 0 Å². The summed E-state index contributed by atoms with van der Waals surface area (Å²) in [6.07, 6.45) is 2.11. The Kier molecular flexibility index (Phi) is 8.76. The Hall–Kier alpha value is -0.320. The van der Waals surface area contributed by atoms with Crippen molar-refractivity contribution in [2.24, 2.45) is 5.92 Å². The van der Waals surface area contributed by atoms with Gasteiger partial charge >= 0.3 is 0 Å². The van der Waals surface area contributed by atoms with E-state index in [1.807, 2.05) is 6.92 Å². The molecule has 0 bridgehead atoms. The molecule has 0 aromatic rings. The average molecular weight is 237 g/mol. The van der Waals surface area contributed by atoms with Gasteiger partial charge in [-0.15, -0.1) is 12.4 Å². The molecular weight excluding hydrogens is 216 g/mol. The maximum absolute atomic E-state index is 11.6. The molecule has 1 aliphatic heterocycles. The summed E-state index contributed by atoms with van der Waals surface area (Å²) < 4.78 is 5.14. The van der Waals surface area contributed by atoms with E-state index in [-0.39, 0.29) is 24.2 Å². The lowest BCUT2D eigenvalue weighted by Gasteiger charge is -2.21. The first kappa shape index (κ1) is 14.7. The van der Waals surface area contributed by atoms with Crippen LogP contribution in [-0.4, -0.2) is 38.8 Å². The molecule has 90 valence electrons. The third-order valence-corrected chi connectivity index (χ3v) is 2.42. The first-order valence-electron chi connectivity index (χ1n) is 5.40. The fourth-order valence-electron chi connectivity index (χ4n) is 1.61. The largest absolute Gasteiger partial charge is 0.380 e. The number of halogens is 1. The summed E-state index contributed by atoms with van der Waals surface area (Å²) in [5.74, 6) is 0.322. The number of rotatable bonds is 5. The molecule has 1 rings (SSSR count). The van der Waals surface area contributed by atoms with Crippen LogP contribution in [0.4, 0.5) is 0 Å². The van der Waals surface area contributed by atoms with E-state index < -0.39 is 0 Å². The van der Waals surface area contributed by atoms with Crippen molar-refractivity contribution in [3.8, 4) is 0 Å². The lowest BCUT2D eigenvalue weighted by atomic mass is 9.99. The standard InChI is InChI=1S/C10H20N2O2.ClH/c1-2-14-7-6-12-10(13)9-4-3-5-11-8-9;/h9,11H,2-8H2,1H3,(H,12,13);1H/t9-;/m1./s1. The molecule has 1 aliphatic rings. The van der Waals surface area contributed by atoms with Gasteiger partial charge in [-0.3, -0.25) is 4.79 Å². The molecule has 4 nitrogen and oxygen atoms in total. The van der Waals surface area contributed by atoms with E-state index >= 15 is 0 Å². The van der Waals surface area contributed by atoms with Gasteiger partial charge in [0.1, 0.15) is 0 Å². The van der Waals surface area contributed by atoms with Crippen molar-refractivity contribution >= 4 is 18.3 Å². The Bertz CT molecular complexity index is 173. The summed E-state index contributed by atoms with van der Waals surface area (Å²) in [7, 11) is 0. The molecule has 0 unspecified atom stereocenters. The third kappa shape index (κ3) is 5.97. The Morgan fingerprint density at radius 3 is 3.00 bits per heavy atom. The Morgan fingerprint density at radius 2 is 2.40 bits per heavy atom. The van der Waals surface area contributed by atoms with Crippen LogP contribution in [0.5, 0.6) is 0 Å². The molecule has 1 fully saturated rings. The number of ether oxygens (including phenoxy) is 1. The molecule has 1 saturated heterocycles. The fourth-order valence-corrected chi connectivity index (χ4v) is 1.61. The topological polar surface area (TPSA) is 50.4 Å². The number of hydrogen-bond acceptors (Lipinski definition) is 3. The van der Waals surface area contributed by atoms with E-state index in [0.29, 0.717) is 19.8 Å². The summed E-state index contributed by atoms with van der Waals surface area (Å²) in [4.78, 5) is 11.6. The van der Waals surface area contributed by atoms with Gasteiger partial charge in [-0.25, -0.2) is 0 Å². The zero-order valence-electron chi connectivity index (χ0n) is 9.25. The van der Waals surface area contributed by atoms with Crippen LogP contribution >= 0.6 is 12.4 Å². The van der Waals surface area contributed by atoms with E-state index in [4.69, 9.17) is 4.74 Å². The summed E-state index contributed by atoms with van der Waals surface area (Å²) in [6, 6.07) is 0. The molecule has 0 saturated carbocycles. The zero-order chi connectivity index (χ0) is 10.2. The van der Waals surface area contributed by atoms with Gasteiger partial charge in [0.25, 0.3) is 0 Å². The van der Waals surface area contributed by atoms with Crippen molar-refractivity contribution in [1.29, 1.82) is 0 Å². The summed E-state index contributed by atoms with van der Waals surface area (Å²) in [6.45, 7) is 5.77. The maximum Gasteiger partial charge on any atom is 0.224 e. The van der Waals surface area contributed by atoms with Crippen molar-refractivity contribution in [1.82, 2.24) is 10.6 Å². The van der Waals surface area contributed by atoms with Crippen molar-refractivity contribution in [2.75, 3.05) is 32.8 Å². The van der Waals surface area contributed by atoms with E-state index in [0.717, 1.165) is 25.9 Å². The normalized spacial score (nSPS) is 20.5. The van der Waals surface area contributed by atoms with Crippen molar-refractivity contribution in [2.45, 2.75) is 19.8 Å². The average Bonchev–Trinajstić information content (AvgIpc) is 2.25. The number of carbonyl (C=O) groups is 1. The maximum atomic E-state index is 11.6. The highest BCUT2D eigenvalue weighted by Gasteiger charge is 2.19. The van der Waals surface area contributed by atoms with Crippen molar-refractivity contribution in [3.05, 3.63) is 0 Å². The van der Waals surface area contributed by atoms with Gasteiger partial charge in [0.05, 0.1) is 12.5 Å². The Labute approximate surface area is 97.5 Å². The molecule has 15 heavy (non-hydrogen) atoms. The minimum atomic E-state index is 0. The van der Waals surface area contributed by atoms with Gasteiger partial charge in [0.15, 0.2) is 0 Å². The number of nitrogens with one attached hydrogen (secondary N) is 2. The highest BCUT2D eigenvalue weighted by atomic mass is 35.5. The van der Waals surface area contributed by atoms with Crippen LogP contribution in [0.3, 0.4) is 0 Å². The van der Waals surface area contributed by atoms with E-state index in [1.54, 1.807) is 0 Å². The van der Waals surface area contributed by atoms with Crippen LogP contribution in [0, 0.1) is 5.92 Å². The molecule has 0 radical (unpaired) electrons. The smallest absolute Gasteiger partial charge is 0.224 e. The predicted molar refractivity (Wildman–Crippen MR) is 62.3 cm³/mol. The molecule has 1 heterocycles. The van der Waals surface area contributed by atoms with Crippen LogP contribution in [0.1, 0.15) is 19.8 Å². The second-order valence-electron chi connectivity index (χ2n) is 3.53. The van der Waals surface area contributed by atoms with Crippen LogP contribution < -0.4 is 10.6 Å².